The summed E-state index contributed by atoms with van der Waals surface area (Å²) in [5, 5.41) is 7.74. The van der Waals surface area contributed by atoms with Crippen molar-refractivity contribution in [3.8, 4) is 5.75 Å². The van der Waals surface area contributed by atoms with E-state index in [0.717, 1.165) is 43.0 Å². The van der Waals surface area contributed by atoms with Gasteiger partial charge in [-0.05, 0) is 80.6 Å². The molecule has 2 aliphatic heterocycles. The fourth-order valence-corrected chi connectivity index (χ4v) is 8.25. The Bertz CT molecular complexity index is 2410. The summed E-state index contributed by atoms with van der Waals surface area (Å²) < 4.78 is 12.4. The molecule has 0 saturated carbocycles. The van der Waals surface area contributed by atoms with E-state index in [0.29, 0.717) is 61.2 Å². The maximum Gasteiger partial charge on any atom is 0.415 e. The Morgan fingerprint density at radius 3 is 2.26 bits per heavy atom. The first kappa shape index (κ1) is 34.3. The Kier molecular flexibility index (Phi) is 8.40. The van der Waals surface area contributed by atoms with Crippen molar-refractivity contribution in [1.82, 2.24) is 19.8 Å². The quantitative estimate of drug-likeness (QED) is 0.167. The molecule has 6 aromatic rings. The van der Waals surface area contributed by atoms with Crippen molar-refractivity contribution in [2.24, 2.45) is 0 Å². The number of piperazine rings is 1. The number of fused-ring (bicyclic) bond motifs is 5. The fourth-order valence-electron chi connectivity index (χ4n) is 7.23. The van der Waals surface area contributed by atoms with Crippen molar-refractivity contribution in [3.63, 3.8) is 0 Å². The molecule has 0 bridgehead atoms. The molecule has 0 aliphatic carbocycles. The number of carbonyl (C=O) groups excluding carboxylic acids is 4. The average Bonchev–Trinajstić information content (AvgIpc) is 3.91. The molecule has 5 heterocycles. The standard InChI is InChI=1S/C40H40N6O6S/c1-22-20-46(37(48)30-18-25-16-26(10-11-28(25)43-30)41-36(47)29-17-24-8-6-7-9-27(24)42-29)31-19-32(35-34(33(22)31)23(2)21-53-35)51-38(49)44-12-14-45(15-13-44)39(50)52-40(3,4)5/h6-11,16-19,21-22,42-43H,12-15,20H2,1-5H3,(H,41,47). The van der Waals surface area contributed by atoms with E-state index in [9.17, 15) is 19.2 Å². The Hall–Kier alpha value is -5.82. The smallest absolute Gasteiger partial charge is 0.415 e. The summed E-state index contributed by atoms with van der Waals surface area (Å²) >= 11 is 1.51. The largest absolute Gasteiger partial charge is 0.444 e. The molecule has 0 radical (unpaired) electrons. The third kappa shape index (κ3) is 6.45. The minimum Gasteiger partial charge on any atom is -0.444 e. The minimum absolute atomic E-state index is 0.0475. The lowest BCUT2D eigenvalue weighted by atomic mass is 9.97. The Morgan fingerprint density at radius 2 is 1.53 bits per heavy atom. The number of benzene rings is 3. The zero-order valence-corrected chi connectivity index (χ0v) is 31.0. The number of carbonyl (C=O) groups is 4. The molecule has 3 aromatic carbocycles. The third-order valence-electron chi connectivity index (χ3n) is 9.77. The van der Waals surface area contributed by atoms with Gasteiger partial charge in [-0.3, -0.25) is 9.59 Å². The van der Waals surface area contributed by atoms with Gasteiger partial charge in [-0.15, -0.1) is 11.3 Å². The van der Waals surface area contributed by atoms with Crippen LogP contribution < -0.4 is 15.0 Å². The molecule has 12 nitrogen and oxygen atoms in total. The normalized spacial score (nSPS) is 16.0. The number of aromatic amines is 2. The second-order valence-corrected chi connectivity index (χ2v) is 15.7. The van der Waals surface area contributed by atoms with E-state index < -0.39 is 17.8 Å². The number of para-hydroxylation sites is 1. The molecule has 3 aromatic heterocycles. The molecule has 1 atom stereocenters. The summed E-state index contributed by atoms with van der Waals surface area (Å²) in [6.45, 7) is 11.4. The molecule has 1 fully saturated rings. The molecule has 8 rings (SSSR count). The molecule has 3 N–H and O–H groups in total. The SMILES string of the molecule is Cc1csc2c(OC(=O)N3CCN(C(=O)OC(C)(C)C)CC3)cc3c(c12)C(C)CN3C(=O)c1cc2cc(NC(=O)c3cc4ccccc4[nH]3)ccc2[nH]1. The minimum atomic E-state index is -0.603. The zero-order valence-electron chi connectivity index (χ0n) is 30.2. The van der Waals surface area contributed by atoms with Crippen molar-refractivity contribution in [1.29, 1.82) is 0 Å². The van der Waals surface area contributed by atoms with Gasteiger partial charge in [0.1, 0.15) is 17.0 Å². The highest BCUT2D eigenvalue weighted by Gasteiger charge is 2.36. The average molecular weight is 733 g/mol. The van der Waals surface area contributed by atoms with Crippen LogP contribution >= 0.6 is 11.3 Å². The van der Waals surface area contributed by atoms with Gasteiger partial charge >= 0.3 is 12.2 Å². The van der Waals surface area contributed by atoms with E-state index in [1.807, 2.05) is 81.6 Å². The first-order valence-electron chi connectivity index (χ1n) is 17.7. The fraction of sp³-hybridized carbons (Fsp3) is 0.300. The molecular weight excluding hydrogens is 693 g/mol. The second kappa shape index (κ2) is 13.0. The first-order chi connectivity index (χ1) is 25.3. The van der Waals surface area contributed by atoms with Gasteiger partial charge in [0.05, 0.1) is 10.4 Å². The van der Waals surface area contributed by atoms with Gasteiger partial charge in [-0.25, -0.2) is 9.59 Å². The number of thiophene rings is 1. The Morgan fingerprint density at radius 1 is 0.849 bits per heavy atom. The van der Waals surface area contributed by atoms with Gasteiger partial charge < -0.3 is 39.5 Å². The molecule has 272 valence electrons. The van der Waals surface area contributed by atoms with E-state index in [2.05, 4.69) is 22.2 Å². The number of aryl methyl sites for hydroxylation is 1. The summed E-state index contributed by atoms with van der Waals surface area (Å²) in [5.74, 6) is -0.0236. The van der Waals surface area contributed by atoms with Crippen LogP contribution in [0.3, 0.4) is 0 Å². The predicted octanol–water partition coefficient (Wildman–Crippen LogP) is 8.24. The summed E-state index contributed by atoms with van der Waals surface area (Å²) in [4.78, 5) is 64.7. The third-order valence-corrected chi connectivity index (χ3v) is 10.9. The number of H-pyrrole nitrogens is 2. The van der Waals surface area contributed by atoms with Crippen molar-refractivity contribution in [2.45, 2.75) is 46.1 Å². The summed E-state index contributed by atoms with van der Waals surface area (Å²) in [6, 6.07) is 18.6. The predicted molar refractivity (Wildman–Crippen MR) is 207 cm³/mol. The van der Waals surface area contributed by atoms with Crippen LogP contribution in [0.25, 0.3) is 31.9 Å². The van der Waals surface area contributed by atoms with Gasteiger partial charge in [0.25, 0.3) is 11.8 Å². The second-order valence-electron chi connectivity index (χ2n) is 14.8. The Labute approximate surface area is 309 Å². The highest BCUT2D eigenvalue weighted by molar-refractivity contribution is 7.17. The summed E-state index contributed by atoms with van der Waals surface area (Å²) in [5.41, 5.74) is 5.32. The van der Waals surface area contributed by atoms with Crippen LogP contribution in [0.5, 0.6) is 5.75 Å². The maximum absolute atomic E-state index is 14.2. The van der Waals surface area contributed by atoms with Gasteiger partial charge in [0.2, 0.25) is 0 Å². The first-order valence-corrected chi connectivity index (χ1v) is 18.5. The molecule has 13 heteroatoms. The topological polar surface area (TPSA) is 140 Å². The van der Waals surface area contributed by atoms with Crippen LogP contribution in [-0.4, -0.2) is 82.1 Å². The number of nitrogens with zero attached hydrogens (tertiary/aromatic N) is 3. The van der Waals surface area contributed by atoms with Gasteiger partial charge in [-0.2, -0.15) is 0 Å². The van der Waals surface area contributed by atoms with Crippen molar-refractivity contribution < 1.29 is 28.7 Å². The molecule has 0 spiro atoms. The molecular formula is C40H40N6O6S. The lowest BCUT2D eigenvalue weighted by Crippen LogP contribution is -2.52. The highest BCUT2D eigenvalue weighted by atomic mass is 32.1. The number of anilines is 2. The van der Waals surface area contributed by atoms with Gasteiger partial charge in [0, 0.05) is 77.6 Å². The number of amides is 4. The van der Waals surface area contributed by atoms with E-state index in [4.69, 9.17) is 9.47 Å². The number of hydrogen-bond donors (Lipinski definition) is 3. The highest BCUT2D eigenvalue weighted by Crippen LogP contribution is 2.48. The van der Waals surface area contributed by atoms with E-state index in [1.54, 1.807) is 26.8 Å². The van der Waals surface area contributed by atoms with E-state index in [-0.39, 0.29) is 17.7 Å². The van der Waals surface area contributed by atoms with E-state index in [1.165, 1.54) is 11.3 Å². The van der Waals surface area contributed by atoms with Crippen LogP contribution in [-0.2, 0) is 4.74 Å². The van der Waals surface area contributed by atoms with Crippen molar-refractivity contribution in [3.05, 3.63) is 88.6 Å². The van der Waals surface area contributed by atoms with Crippen molar-refractivity contribution in [2.75, 3.05) is 42.9 Å². The molecule has 1 saturated heterocycles. The summed E-state index contributed by atoms with van der Waals surface area (Å²) in [7, 11) is 0. The Balaban J connectivity index is 1.02. The number of hydrogen-bond acceptors (Lipinski definition) is 7. The van der Waals surface area contributed by atoms with Crippen LogP contribution in [0.2, 0.25) is 0 Å². The number of ether oxygens (including phenoxy) is 2. The van der Waals surface area contributed by atoms with Crippen LogP contribution in [0.4, 0.5) is 21.0 Å². The maximum atomic E-state index is 14.2. The lowest BCUT2D eigenvalue weighted by Gasteiger charge is -2.35. The van der Waals surface area contributed by atoms with Crippen LogP contribution in [0.15, 0.2) is 66.0 Å². The zero-order chi connectivity index (χ0) is 37.2. The molecule has 53 heavy (non-hydrogen) atoms. The van der Waals surface area contributed by atoms with Gasteiger partial charge in [0.15, 0.2) is 5.75 Å². The van der Waals surface area contributed by atoms with Crippen molar-refractivity contribution >= 4 is 78.6 Å². The number of rotatable bonds is 4. The lowest BCUT2D eigenvalue weighted by molar-refractivity contribution is 0.0154. The monoisotopic (exact) mass is 732 g/mol. The summed E-state index contributed by atoms with van der Waals surface area (Å²) in [6.07, 6.45) is -0.907. The number of nitrogens with one attached hydrogen (secondary N) is 3. The van der Waals surface area contributed by atoms with E-state index >= 15 is 0 Å². The number of aromatic nitrogens is 2. The van der Waals surface area contributed by atoms with Crippen LogP contribution in [0.1, 0.15) is 65.7 Å². The van der Waals surface area contributed by atoms with Gasteiger partial charge in [-0.1, -0.05) is 25.1 Å². The molecule has 4 amide bonds. The molecule has 1 unspecified atom stereocenters. The molecule has 2 aliphatic rings. The van der Waals surface area contributed by atoms with Crippen LogP contribution in [0, 0.1) is 6.92 Å².